The lowest BCUT2D eigenvalue weighted by molar-refractivity contribution is 1.50. The first-order valence-electron chi connectivity index (χ1n) is 19.7. The predicted molar refractivity (Wildman–Crippen MR) is 195 cm³/mol. The van der Waals surface area contributed by atoms with E-state index in [4.69, 9.17) is 0 Å². The summed E-state index contributed by atoms with van der Waals surface area (Å²) >= 11 is 7.33. The summed E-state index contributed by atoms with van der Waals surface area (Å²) in [5.74, 6) is 0. The Labute approximate surface area is 271 Å². The molecule has 41 heavy (non-hydrogen) atoms. The van der Waals surface area contributed by atoms with Gasteiger partial charge >= 0.3 is 0 Å². The first-order chi connectivity index (χ1) is 20.5. The van der Waals surface area contributed by atoms with Crippen LogP contribution in [-0.4, -0.2) is 0 Å². The van der Waals surface area contributed by atoms with Gasteiger partial charge in [0.05, 0.1) is 0 Å². The van der Waals surface area contributed by atoms with Crippen molar-refractivity contribution in [3.63, 3.8) is 0 Å². The zero-order valence-electron chi connectivity index (χ0n) is 28.4. The summed E-state index contributed by atoms with van der Waals surface area (Å²) in [6, 6.07) is 0. The van der Waals surface area contributed by atoms with E-state index in [2.05, 4.69) is 22.4 Å². The van der Waals surface area contributed by atoms with Crippen molar-refractivity contribution in [1.82, 2.24) is 0 Å². The van der Waals surface area contributed by atoms with Gasteiger partial charge in [-0.25, -0.2) is 0 Å². The summed E-state index contributed by atoms with van der Waals surface area (Å²) in [5, 5.41) is 0. The highest BCUT2D eigenvalue weighted by Crippen LogP contribution is 2.18. The second kappa shape index (κ2) is 40.4. The van der Waals surface area contributed by atoms with Crippen LogP contribution in [0.5, 0.6) is 0 Å². The van der Waals surface area contributed by atoms with E-state index < -0.39 is 0 Å². The van der Waals surface area contributed by atoms with Gasteiger partial charge in [-0.3, -0.25) is 0 Å². The second-order valence-corrected chi connectivity index (χ2v) is 13.8. The van der Waals surface area contributed by atoms with Crippen molar-refractivity contribution < 1.29 is 0 Å². The van der Waals surface area contributed by atoms with E-state index in [1.807, 2.05) is 0 Å². The zero-order chi connectivity index (χ0) is 29.6. The van der Waals surface area contributed by atoms with Gasteiger partial charge in [-0.15, -0.1) is 0 Å². The summed E-state index contributed by atoms with van der Waals surface area (Å²) in [6.07, 6.45) is 58.5. The molecule has 0 saturated heterocycles. The molecule has 2 heteroatoms. The molecule has 0 heterocycles. The molecule has 0 unspecified atom stereocenters. The maximum Gasteiger partial charge on any atom is 0 e. The Hall–Kier alpha value is 0.440. The van der Waals surface area contributed by atoms with Crippen molar-refractivity contribution in [2.45, 2.75) is 250 Å². The third-order valence-electron chi connectivity index (χ3n) is 4.60. The highest BCUT2D eigenvalue weighted by atomic mass is 32.8. The first kappa shape index (κ1) is 41.4. The van der Waals surface area contributed by atoms with Crippen molar-refractivity contribution in [2.24, 2.45) is 0 Å². The highest BCUT2D eigenvalue weighted by molar-refractivity contribution is 8.07. The average molecular weight is 611 g/mol. The third-order valence-corrected chi connectivity index (χ3v) is 4.60. The molecule has 13 saturated carbocycles. The highest BCUT2D eigenvalue weighted by Gasteiger charge is 1.98. The van der Waals surface area contributed by atoms with E-state index in [-0.39, 0.29) is 0 Å². The Morgan fingerprint density at radius 3 is 0.122 bits per heavy atom. The number of rotatable bonds is 0. The molecular weight excluding hydrogens is 533 g/mol. The van der Waals surface area contributed by atoms with Gasteiger partial charge in [-0.1, -0.05) is 250 Å². The maximum atomic E-state index is 3.67. The summed E-state index contributed by atoms with van der Waals surface area (Å²) in [6.45, 7) is 0. The van der Waals surface area contributed by atoms with Crippen molar-refractivity contribution >= 4 is 22.4 Å². The molecule has 13 aliphatic rings. The molecule has 13 aliphatic carbocycles. The molecule has 0 nitrogen and oxygen atoms in total. The fraction of sp³-hybridized carbons (Fsp3) is 1.00. The van der Waals surface area contributed by atoms with Gasteiger partial charge in [-0.05, 0) is 0 Å². The van der Waals surface area contributed by atoms with Crippen molar-refractivity contribution in [3.05, 3.63) is 0 Å². The van der Waals surface area contributed by atoms with Crippen molar-refractivity contribution in [2.75, 3.05) is 0 Å². The summed E-state index contributed by atoms with van der Waals surface area (Å²) < 4.78 is 0. The van der Waals surface area contributed by atoms with Gasteiger partial charge in [0.15, 0.2) is 0 Å². The maximum absolute atomic E-state index is 3.67. The Morgan fingerprint density at radius 2 is 0.122 bits per heavy atom. The van der Waals surface area contributed by atoms with Gasteiger partial charge < -0.3 is 0 Å². The van der Waals surface area contributed by atoms with Crippen LogP contribution in [-0.2, 0) is 22.4 Å². The monoisotopic (exact) mass is 611 g/mol. The SMILES string of the molecule is C1CC1.C1CC1.C1CC1.C1CC1.C1CC1.C1CC1.C1CC1.C1CC1.C1CC1.C1CC1.C1CC1.C1CC1.C1CC1.S=S. The molecule has 0 amide bonds. The smallest absolute Gasteiger partial charge is 0 e. The lowest BCUT2D eigenvalue weighted by atomic mass is 11.0. The normalized spacial score (nSPS) is 22.9. The van der Waals surface area contributed by atoms with Crippen molar-refractivity contribution in [1.29, 1.82) is 0 Å². The quantitative estimate of drug-likeness (QED) is 0.267. The fourth-order valence-electron chi connectivity index (χ4n) is 0. The first-order valence-corrected chi connectivity index (χ1v) is 21.0. The molecular formula is C39H78S2. The van der Waals surface area contributed by atoms with E-state index in [0.717, 1.165) is 0 Å². The van der Waals surface area contributed by atoms with Crippen LogP contribution in [0.15, 0.2) is 0 Å². The third kappa shape index (κ3) is 331. The topological polar surface area (TPSA) is 0 Å². The van der Waals surface area contributed by atoms with Crippen LogP contribution >= 0.6 is 0 Å². The van der Waals surface area contributed by atoms with E-state index >= 15 is 0 Å². The molecule has 0 aromatic carbocycles. The van der Waals surface area contributed by atoms with E-state index in [1.54, 1.807) is 0 Å². The molecule has 0 aromatic heterocycles. The van der Waals surface area contributed by atoms with Crippen molar-refractivity contribution in [3.8, 4) is 0 Å². The van der Waals surface area contributed by atoms with Crippen LogP contribution < -0.4 is 0 Å². The molecule has 0 radical (unpaired) electrons. The second-order valence-electron chi connectivity index (χ2n) is 13.8. The van der Waals surface area contributed by atoms with Gasteiger partial charge in [-0.2, -0.15) is 0 Å². The number of hydrogen-bond acceptors (Lipinski definition) is 2. The van der Waals surface area contributed by atoms with Gasteiger partial charge in [0, 0.05) is 22.4 Å². The molecule has 0 N–H and O–H groups in total. The predicted octanol–water partition coefficient (Wildman–Crippen LogP) is 15.2. The average Bonchev–Trinajstić information content (AvgIpc) is 3.99. The zero-order valence-corrected chi connectivity index (χ0v) is 30.0. The van der Waals surface area contributed by atoms with Crippen LogP contribution in [0.25, 0.3) is 0 Å². The van der Waals surface area contributed by atoms with Crippen LogP contribution in [0.3, 0.4) is 0 Å². The van der Waals surface area contributed by atoms with Gasteiger partial charge in [0.25, 0.3) is 0 Å². The van der Waals surface area contributed by atoms with Crippen LogP contribution in [0.4, 0.5) is 0 Å². The minimum absolute atomic E-state index is 1.50. The van der Waals surface area contributed by atoms with E-state index in [1.165, 1.54) is 250 Å². The molecule has 246 valence electrons. The lowest BCUT2D eigenvalue weighted by Gasteiger charge is -1.05. The minimum atomic E-state index is 1.50. The van der Waals surface area contributed by atoms with Gasteiger partial charge in [0.2, 0.25) is 0 Å². The molecule has 0 atom stereocenters. The largest absolute Gasteiger partial charge is 0.0533 e. The Morgan fingerprint density at radius 1 is 0.0976 bits per heavy atom. The Balaban J connectivity index is 0.000000421. The molecule has 13 rings (SSSR count). The van der Waals surface area contributed by atoms with Gasteiger partial charge in [0.1, 0.15) is 0 Å². The standard InChI is InChI=1S/13C3H6.S2/c13*1-2-3-1;1-2/h13*1-3H2;. The Kier molecular flexibility index (Phi) is 40.9. The molecule has 0 aliphatic heterocycles. The van der Waals surface area contributed by atoms with Crippen LogP contribution in [0.2, 0.25) is 0 Å². The number of hydrogen-bond donors (Lipinski definition) is 0. The summed E-state index contributed by atoms with van der Waals surface area (Å²) in [5.41, 5.74) is 0. The van der Waals surface area contributed by atoms with E-state index in [0.29, 0.717) is 0 Å². The molecule has 0 spiro atoms. The van der Waals surface area contributed by atoms with Crippen LogP contribution in [0.1, 0.15) is 250 Å². The van der Waals surface area contributed by atoms with Crippen LogP contribution in [0, 0.1) is 0 Å². The molecule has 0 bridgehead atoms. The Bertz CT molecular complexity index is 231. The molecule has 0 aromatic rings. The summed E-state index contributed by atoms with van der Waals surface area (Å²) in [7, 11) is 0. The minimum Gasteiger partial charge on any atom is -0.0533 e. The fourth-order valence-corrected chi connectivity index (χ4v) is 0. The van der Waals surface area contributed by atoms with E-state index in [9.17, 15) is 0 Å². The summed E-state index contributed by atoms with van der Waals surface area (Å²) in [4.78, 5) is 0. The lowest BCUT2D eigenvalue weighted by Crippen LogP contribution is -0.856. The molecule has 13 fully saturated rings.